The third-order valence-electron chi connectivity index (χ3n) is 4.09. The Morgan fingerprint density at radius 2 is 2.05 bits per heavy atom. The van der Waals surface area contributed by atoms with Gasteiger partial charge in [0.2, 0.25) is 5.91 Å². The number of nitrogens with zero attached hydrogens (tertiary/aromatic N) is 2. The van der Waals surface area contributed by atoms with Crippen LogP contribution in [0.5, 0.6) is 0 Å². The number of likely N-dealkylation sites (N-methyl/N-ethyl adjacent to an activating group) is 1. The molecule has 2 rings (SSSR count). The number of amides is 1. The van der Waals surface area contributed by atoms with E-state index in [0.29, 0.717) is 12.6 Å². The summed E-state index contributed by atoms with van der Waals surface area (Å²) in [4.78, 5) is 17.6. The van der Waals surface area contributed by atoms with Gasteiger partial charge in [-0.2, -0.15) is 0 Å². The number of rotatable bonds is 6. The summed E-state index contributed by atoms with van der Waals surface area (Å²) in [5.74, 6) is 0.186. The van der Waals surface area contributed by atoms with Crippen molar-refractivity contribution in [2.75, 3.05) is 32.9 Å². The third-order valence-corrected chi connectivity index (χ3v) is 4.83. The van der Waals surface area contributed by atoms with E-state index in [1.807, 2.05) is 4.90 Å². The van der Waals surface area contributed by atoms with Crippen molar-refractivity contribution in [1.82, 2.24) is 15.1 Å². The molecule has 0 radical (unpaired) electrons. The van der Waals surface area contributed by atoms with Crippen molar-refractivity contribution in [3.63, 3.8) is 0 Å². The first-order chi connectivity index (χ1) is 10.0. The average Bonchev–Trinajstić information content (AvgIpc) is 2.85. The second kappa shape index (κ2) is 7.29. The molecule has 116 valence electrons. The van der Waals surface area contributed by atoms with E-state index in [1.165, 1.54) is 4.90 Å². The van der Waals surface area contributed by atoms with Crippen LogP contribution in [0.25, 0.3) is 0 Å². The average molecular weight is 307 g/mol. The number of carbonyl (C=O) groups excluding carboxylic acids is 1. The highest BCUT2D eigenvalue weighted by Gasteiger charge is 2.31. The molecule has 0 saturated carbocycles. The van der Waals surface area contributed by atoms with Crippen molar-refractivity contribution < 1.29 is 4.79 Å². The fraction of sp³-hybridized carbons (Fsp3) is 0.562. The lowest BCUT2D eigenvalue weighted by Crippen LogP contribution is -2.39. The predicted molar refractivity (Wildman–Crippen MR) is 88.4 cm³/mol. The fourth-order valence-corrected chi connectivity index (χ4v) is 2.81. The summed E-state index contributed by atoms with van der Waals surface area (Å²) in [5.41, 5.74) is 1.16. The normalized spacial score (nSPS) is 19.0. The summed E-state index contributed by atoms with van der Waals surface area (Å²) in [6.45, 7) is 6.42. The van der Waals surface area contributed by atoms with Crippen LogP contribution in [0.2, 0.25) is 0 Å². The van der Waals surface area contributed by atoms with Crippen LogP contribution in [0.3, 0.4) is 0 Å². The molecule has 1 aliphatic rings. The quantitative estimate of drug-likeness (QED) is 0.817. The summed E-state index contributed by atoms with van der Waals surface area (Å²) in [6.07, 6.45) is 2.08. The summed E-state index contributed by atoms with van der Waals surface area (Å²) >= 11 is 1.73. The molecule has 0 bridgehead atoms. The highest BCUT2D eigenvalue weighted by atomic mass is 32.2. The molecule has 0 aromatic heterocycles. The summed E-state index contributed by atoms with van der Waals surface area (Å²) in [7, 11) is 2.10. The number of carbonyl (C=O) groups is 1. The Hall–Kier alpha value is -1.04. The van der Waals surface area contributed by atoms with Gasteiger partial charge >= 0.3 is 0 Å². The van der Waals surface area contributed by atoms with E-state index in [4.69, 9.17) is 0 Å². The van der Waals surface area contributed by atoms with E-state index in [1.54, 1.807) is 11.8 Å². The van der Waals surface area contributed by atoms with Gasteiger partial charge in [0.25, 0.3) is 0 Å². The lowest BCUT2D eigenvalue weighted by molar-refractivity contribution is -0.128. The van der Waals surface area contributed by atoms with E-state index in [9.17, 15) is 4.79 Å². The van der Waals surface area contributed by atoms with Crippen LogP contribution >= 0.6 is 11.8 Å². The first-order valence-corrected chi connectivity index (χ1v) is 8.62. The Kier molecular flexibility index (Phi) is 5.67. The van der Waals surface area contributed by atoms with Gasteiger partial charge in [-0.15, -0.1) is 11.8 Å². The second-order valence-corrected chi connectivity index (χ2v) is 6.60. The van der Waals surface area contributed by atoms with Gasteiger partial charge in [-0.05, 0) is 44.8 Å². The molecule has 5 heteroatoms. The number of hydrogen-bond acceptors (Lipinski definition) is 4. The van der Waals surface area contributed by atoms with E-state index < -0.39 is 0 Å². The van der Waals surface area contributed by atoms with Crippen molar-refractivity contribution in [3.8, 4) is 0 Å². The van der Waals surface area contributed by atoms with Crippen LogP contribution in [0.1, 0.15) is 25.6 Å². The minimum absolute atomic E-state index is 0.00830. The van der Waals surface area contributed by atoms with Crippen LogP contribution in [0.4, 0.5) is 0 Å². The molecule has 1 amide bonds. The molecule has 0 spiro atoms. The van der Waals surface area contributed by atoms with E-state index in [2.05, 4.69) is 61.6 Å². The smallest absolute Gasteiger partial charge is 0.238 e. The Bertz CT molecular complexity index is 475. The molecule has 1 atom stereocenters. The summed E-state index contributed by atoms with van der Waals surface area (Å²) in [5, 5.41) is 3.31. The zero-order valence-corrected chi connectivity index (χ0v) is 14.1. The molecule has 1 fully saturated rings. The van der Waals surface area contributed by atoms with Gasteiger partial charge < -0.3 is 9.80 Å². The van der Waals surface area contributed by atoms with Gasteiger partial charge in [0.15, 0.2) is 0 Å². The molecular weight excluding hydrogens is 282 g/mol. The van der Waals surface area contributed by atoms with Crippen LogP contribution < -0.4 is 5.32 Å². The Morgan fingerprint density at radius 1 is 1.38 bits per heavy atom. The maximum Gasteiger partial charge on any atom is 0.238 e. The SMILES string of the molecule is CSc1ccc(C2NCC(=O)N2CCN(C)C(C)C)cc1. The number of benzene rings is 1. The lowest BCUT2D eigenvalue weighted by Gasteiger charge is -2.28. The molecule has 1 saturated heterocycles. The van der Waals surface area contributed by atoms with E-state index in [-0.39, 0.29) is 12.1 Å². The maximum atomic E-state index is 12.1. The zero-order chi connectivity index (χ0) is 15.4. The Balaban J connectivity index is 2.05. The van der Waals surface area contributed by atoms with E-state index >= 15 is 0 Å². The number of nitrogens with one attached hydrogen (secondary N) is 1. The predicted octanol–water partition coefficient (Wildman–Crippen LogP) is 2.18. The monoisotopic (exact) mass is 307 g/mol. The maximum absolute atomic E-state index is 12.1. The second-order valence-electron chi connectivity index (χ2n) is 5.72. The highest BCUT2D eigenvalue weighted by Crippen LogP contribution is 2.24. The molecule has 21 heavy (non-hydrogen) atoms. The molecule has 1 aromatic rings. The first kappa shape index (κ1) is 16.3. The van der Waals surface area contributed by atoms with Gasteiger partial charge in [0.05, 0.1) is 6.54 Å². The van der Waals surface area contributed by atoms with Crippen LogP contribution in [-0.2, 0) is 4.79 Å². The summed E-state index contributed by atoms with van der Waals surface area (Å²) < 4.78 is 0. The first-order valence-electron chi connectivity index (χ1n) is 7.40. The highest BCUT2D eigenvalue weighted by molar-refractivity contribution is 7.98. The molecule has 4 nitrogen and oxygen atoms in total. The molecule has 1 aliphatic heterocycles. The van der Waals surface area contributed by atoms with Crippen molar-refractivity contribution in [3.05, 3.63) is 29.8 Å². The summed E-state index contributed by atoms with van der Waals surface area (Å²) in [6, 6.07) is 8.95. The van der Waals surface area contributed by atoms with Crippen LogP contribution in [0.15, 0.2) is 29.2 Å². The van der Waals surface area contributed by atoms with Crippen LogP contribution in [0, 0.1) is 0 Å². The van der Waals surface area contributed by atoms with Crippen molar-refractivity contribution in [2.45, 2.75) is 31.0 Å². The molecule has 1 heterocycles. The van der Waals surface area contributed by atoms with Gasteiger partial charge in [-0.3, -0.25) is 10.1 Å². The van der Waals surface area contributed by atoms with Crippen LogP contribution in [-0.4, -0.2) is 54.7 Å². The Labute approximate surface area is 131 Å². The number of thioether (sulfide) groups is 1. The number of hydrogen-bond donors (Lipinski definition) is 1. The van der Waals surface area contributed by atoms with Gasteiger partial charge in [0.1, 0.15) is 6.17 Å². The molecule has 0 aliphatic carbocycles. The Morgan fingerprint density at radius 3 is 2.62 bits per heavy atom. The third kappa shape index (κ3) is 3.99. The van der Waals surface area contributed by atoms with Crippen molar-refractivity contribution in [1.29, 1.82) is 0 Å². The fourth-order valence-electron chi connectivity index (χ4n) is 2.40. The van der Waals surface area contributed by atoms with Crippen molar-refractivity contribution >= 4 is 17.7 Å². The molecular formula is C16H25N3OS. The van der Waals surface area contributed by atoms with E-state index in [0.717, 1.165) is 18.7 Å². The largest absolute Gasteiger partial charge is 0.321 e. The zero-order valence-electron chi connectivity index (χ0n) is 13.3. The van der Waals surface area contributed by atoms with Gasteiger partial charge in [0, 0.05) is 24.0 Å². The lowest BCUT2D eigenvalue weighted by atomic mass is 10.1. The van der Waals surface area contributed by atoms with Crippen molar-refractivity contribution in [2.24, 2.45) is 0 Å². The van der Waals surface area contributed by atoms with Gasteiger partial charge in [-0.1, -0.05) is 12.1 Å². The topological polar surface area (TPSA) is 35.6 Å². The molecule has 1 N–H and O–H groups in total. The van der Waals surface area contributed by atoms with Gasteiger partial charge in [-0.25, -0.2) is 0 Å². The molecule has 1 unspecified atom stereocenters. The minimum atomic E-state index is 0.00830. The minimum Gasteiger partial charge on any atom is -0.321 e. The standard InChI is InChI=1S/C16H25N3OS/c1-12(2)18(3)9-10-19-15(20)11-17-16(19)13-5-7-14(21-4)8-6-13/h5-8,12,16-17H,9-11H2,1-4H3. The molecule has 1 aromatic carbocycles.